The number of hydrogen-bond acceptors (Lipinski definition) is 2. The van der Waals surface area contributed by atoms with Gasteiger partial charge in [-0.3, -0.25) is 4.90 Å². The van der Waals surface area contributed by atoms with Gasteiger partial charge in [0.1, 0.15) is 11.6 Å². The van der Waals surface area contributed by atoms with Gasteiger partial charge in [-0.1, -0.05) is 34.1 Å². The summed E-state index contributed by atoms with van der Waals surface area (Å²) >= 11 is 3.42. The van der Waals surface area contributed by atoms with Gasteiger partial charge in [0.15, 0.2) is 0 Å². The monoisotopic (exact) mass is 366 g/mol. The number of halogens is 3. The molecule has 116 valence electrons. The first-order valence-electron chi connectivity index (χ1n) is 7.30. The van der Waals surface area contributed by atoms with E-state index in [4.69, 9.17) is 0 Å². The Morgan fingerprint density at radius 2 is 1.68 bits per heavy atom. The minimum Gasteiger partial charge on any atom is -0.314 e. The summed E-state index contributed by atoms with van der Waals surface area (Å²) in [6.45, 7) is 3.40. The van der Waals surface area contributed by atoms with E-state index >= 15 is 0 Å². The molecule has 1 fully saturated rings. The van der Waals surface area contributed by atoms with Crippen LogP contribution in [0.25, 0.3) is 0 Å². The minimum atomic E-state index is -0.545. The van der Waals surface area contributed by atoms with Crippen molar-refractivity contribution in [3.05, 3.63) is 69.7 Å². The molecule has 1 aliphatic heterocycles. The van der Waals surface area contributed by atoms with Crippen LogP contribution in [0.3, 0.4) is 0 Å². The van der Waals surface area contributed by atoms with Crippen LogP contribution in [0, 0.1) is 11.6 Å². The van der Waals surface area contributed by atoms with Crippen molar-refractivity contribution in [3.8, 4) is 0 Å². The van der Waals surface area contributed by atoms with Crippen molar-refractivity contribution in [3.63, 3.8) is 0 Å². The Labute approximate surface area is 137 Å². The number of benzene rings is 2. The molecule has 1 N–H and O–H groups in total. The summed E-state index contributed by atoms with van der Waals surface area (Å²) in [6, 6.07) is 11.5. The third-order valence-corrected chi connectivity index (χ3v) is 4.49. The van der Waals surface area contributed by atoms with E-state index in [9.17, 15) is 8.78 Å². The van der Waals surface area contributed by atoms with E-state index in [1.54, 1.807) is 6.07 Å². The molecule has 0 amide bonds. The Morgan fingerprint density at radius 3 is 2.32 bits per heavy atom. The summed E-state index contributed by atoms with van der Waals surface area (Å²) in [7, 11) is 0. The molecule has 2 aromatic carbocycles. The smallest absolute Gasteiger partial charge is 0.131 e. The standard InChI is InChI=1S/C17H17BrF2N2/c18-13-3-1-12(2-4-13)17(22-9-7-21-8-10-22)15-6-5-14(19)11-16(15)20/h1-6,11,17,21H,7-10H2. The maximum absolute atomic E-state index is 14.3. The highest BCUT2D eigenvalue weighted by atomic mass is 79.9. The molecule has 2 nitrogen and oxygen atoms in total. The highest BCUT2D eigenvalue weighted by Gasteiger charge is 2.26. The van der Waals surface area contributed by atoms with Gasteiger partial charge in [0.2, 0.25) is 0 Å². The number of nitrogens with one attached hydrogen (secondary N) is 1. The Balaban J connectivity index is 2.03. The molecule has 1 unspecified atom stereocenters. The number of piperazine rings is 1. The van der Waals surface area contributed by atoms with E-state index in [1.807, 2.05) is 24.3 Å². The van der Waals surface area contributed by atoms with Crippen LogP contribution in [-0.2, 0) is 0 Å². The summed E-state index contributed by atoms with van der Waals surface area (Å²) in [5, 5.41) is 3.30. The second-order valence-corrected chi connectivity index (χ2v) is 6.32. The van der Waals surface area contributed by atoms with Crippen molar-refractivity contribution in [1.29, 1.82) is 0 Å². The fourth-order valence-corrected chi connectivity index (χ4v) is 3.16. The zero-order valence-corrected chi connectivity index (χ0v) is 13.6. The summed E-state index contributed by atoms with van der Waals surface area (Å²) < 4.78 is 28.5. The quantitative estimate of drug-likeness (QED) is 0.890. The lowest BCUT2D eigenvalue weighted by molar-refractivity contribution is 0.195. The van der Waals surface area contributed by atoms with Crippen molar-refractivity contribution in [2.24, 2.45) is 0 Å². The van der Waals surface area contributed by atoms with E-state index in [0.29, 0.717) is 5.56 Å². The molecule has 0 bridgehead atoms. The molecule has 1 aliphatic rings. The first-order valence-corrected chi connectivity index (χ1v) is 8.09. The Hall–Kier alpha value is -1.30. The molecule has 0 spiro atoms. The highest BCUT2D eigenvalue weighted by molar-refractivity contribution is 9.10. The summed E-state index contributed by atoms with van der Waals surface area (Å²) in [5.74, 6) is -1.04. The fourth-order valence-electron chi connectivity index (χ4n) is 2.90. The average Bonchev–Trinajstić information content (AvgIpc) is 2.52. The lowest BCUT2D eigenvalue weighted by atomic mass is 9.96. The Bertz CT molecular complexity index is 640. The maximum atomic E-state index is 14.3. The predicted octanol–water partition coefficient (Wildman–Crippen LogP) is 3.72. The normalized spacial score (nSPS) is 17.4. The second-order valence-electron chi connectivity index (χ2n) is 5.41. The van der Waals surface area contributed by atoms with E-state index in [0.717, 1.165) is 42.3 Å². The number of hydrogen-bond donors (Lipinski definition) is 1. The SMILES string of the molecule is Fc1ccc(C(c2ccc(Br)cc2)N2CCNCC2)c(F)c1. The van der Waals surface area contributed by atoms with Gasteiger partial charge in [0.25, 0.3) is 0 Å². The highest BCUT2D eigenvalue weighted by Crippen LogP contribution is 2.31. The van der Waals surface area contributed by atoms with E-state index in [1.165, 1.54) is 6.07 Å². The summed E-state index contributed by atoms with van der Waals surface area (Å²) in [6.07, 6.45) is 0. The van der Waals surface area contributed by atoms with Gasteiger partial charge in [0.05, 0.1) is 6.04 Å². The van der Waals surface area contributed by atoms with Crippen LogP contribution < -0.4 is 5.32 Å². The molecule has 1 heterocycles. The largest absolute Gasteiger partial charge is 0.314 e. The molecular weight excluding hydrogens is 350 g/mol. The molecular formula is C17H17BrF2N2. The van der Waals surface area contributed by atoms with Crippen LogP contribution in [0.4, 0.5) is 8.78 Å². The molecule has 3 rings (SSSR count). The summed E-state index contributed by atoms with van der Waals surface area (Å²) in [5.41, 5.74) is 1.53. The van der Waals surface area contributed by atoms with Gasteiger partial charge in [-0.25, -0.2) is 8.78 Å². The lowest BCUT2D eigenvalue weighted by Gasteiger charge is -2.35. The zero-order chi connectivity index (χ0) is 15.5. The van der Waals surface area contributed by atoms with E-state index in [-0.39, 0.29) is 6.04 Å². The molecule has 0 radical (unpaired) electrons. The predicted molar refractivity (Wildman–Crippen MR) is 86.8 cm³/mol. The molecule has 0 saturated carbocycles. The third kappa shape index (κ3) is 3.37. The average molecular weight is 367 g/mol. The van der Waals surface area contributed by atoms with Crippen molar-refractivity contribution in [2.75, 3.05) is 26.2 Å². The van der Waals surface area contributed by atoms with Crippen molar-refractivity contribution >= 4 is 15.9 Å². The van der Waals surface area contributed by atoms with Gasteiger partial charge in [-0.2, -0.15) is 0 Å². The van der Waals surface area contributed by atoms with Crippen LogP contribution in [0.1, 0.15) is 17.2 Å². The van der Waals surface area contributed by atoms with E-state index in [2.05, 4.69) is 26.1 Å². The van der Waals surface area contributed by atoms with Crippen LogP contribution >= 0.6 is 15.9 Å². The van der Waals surface area contributed by atoms with Crippen molar-refractivity contribution < 1.29 is 8.78 Å². The minimum absolute atomic E-state index is 0.198. The van der Waals surface area contributed by atoms with Crippen molar-refractivity contribution in [2.45, 2.75) is 6.04 Å². The van der Waals surface area contributed by atoms with Crippen LogP contribution in [0.15, 0.2) is 46.9 Å². The Kier molecular flexibility index (Phi) is 4.86. The van der Waals surface area contributed by atoms with Gasteiger partial charge in [0, 0.05) is 42.3 Å². The third-order valence-electron chi connectivity index (χ3n) is 3.96. The van der Waals surface area contributed by atoms with Gasteiger partial charge in [-0.15, -0.1) is 0 Å². The molecule has 1 atom stereocenters. The second kappa shape index (κ2) is 6.86. The van der Waals surface area contributed by atoms with Gasteiger partial charge >= 0.3 is 0 Å². The lowest BCUT2D eigenvalue weighted by Crippen LogP contribution is -2.45. The first kappa shape index (κ1) is 15.6. The van der Waals surface area contributed by atoms with Gasteiger partial charge in [-0.05, 0) is 23.8 Å². The maximum Gasteiger partial charge on any atom is 0.131 e. The summed E-state index contributed by atoms with van der Waals surface area (Å²) in [4.78, 5) is 2.23. The zero-order valence-electron chi connectivity index (χ0n) is 12.0. The molecule has 2 aromatic rings. The van der Waals surface area contributed by atoms with Crippen LogP contribution in [-0.4, -0.2) is 31.1 Å². The van der Waals surface area contributed by atoms with Crippen LogP contribution in [0.2, 0.25) is 0 Å². The molecule has 1 saturated heterocycles. The number of nitrogens with zero attached hydrogens (tertiary/aromatic N) is 1. The molecule has 0 aliphatic carbocycles. The molecule has 5 heteroatoms. The number of rotatable bonds is 3. The van der Waals surface area contributed by atoms with Crippen molar-refractivity contribution in [1.82, 2.24) is 10.2 Å². The van der Waals surface area contributed by atoms with E-state index < -0.39 is 11.6 Å². The topological polar surface area (TPSA) is 15.3 Å². The molecule has 22 heavy (non-hydrogen) atoms. The Morgan fingerprint density at radius 1 is 1.00 bits per heavy atom. The molecule has 0 aromatic heterocycles. The fraction of sp³-hybridized carbons (Fsp3) is 0.294. The van der Waals surface area contributed by atoms with Gasteiger partial charge < -0.3 is 5.32 Å². The van der Waals surface area contributed by atoms with Crippen LogP contribution in [0.5, 0.6) is 0 Å². The first-order chi connectivity index (χ1) is 10.6.